The van der Waals surface area contributed by atoms with Crippen molar-refractivity contribution in [1.29, 1.82) is 0 Å². The normalized spacial score (nSPS) is 12.2. The van der Waals surface area contributed by atoms with Gasteiger partial charge in [-0.05, 0) is 18.6 Å². The molecule has 3 nitrogen and oxygen atoms in total. The van der Waals surface area contributed by atoms with Crippen molar-refractivity contribution < 1.29 is 4.74 Å². The molecule has 20 heavy (non-hydrogen) atoms. The molecule has 0 amide bonds. The highest BCUT2D eigenvalue weighted by molar-refractivity contribution is 5.58. The maximum absolute atomic E-state index is 5.96. The Kier molecular flexibility index (Phi) is 8.12. The Morgan fingerprint density at radius 3 is 2.50 bits per heavy atom. The second kappa shape index (κ2) is 9.65. The Bertz CT molecular complexity index is 368. The number of likely N-dealkylation sites (N-methyl/N-ethyl adjacent to an activating group) is 1. The number of unbranched alkanes of at least 4 members (excludes halogenated alkanes) is 4. The van der Waals surface area contributed by atoms with Crippen molar-refractivity contribution in [2.24, 2.45) is 5.73 Å². The van der Waals surface area contributed by atoms with Gasteiger partial charge in [-0.3, -0.25) is 0 Å². The first-order chi connectivity index (χ1) is 9.74. The average molecular weight is 278 g/mol. The molecule has 0 saturated carbocycles. The van der Waals surface area contributed by atoms with Crippen molar-refractivity contribution in [3.05, 3.63) is 24.3 Å². The highest BCUT2D eigenvalue weighted by atomic mass is 16.5. The summed E-state index contributed by atoms with van der Waals surface area (Å²) in [6.07, 6.45) is 7.68. The molecule has 0 spiro atoms. The van der Waals surface area contributed by atoms with Gasteiger partial charge in [0.25, 0.3) is 0 Å². The van der Waals surface area contributed by atoms with Gasteiger partial charge in [0.05, 0.1) is 12.8 Å². The van der Waals surface area contributed by atoms with E-state index in [2.05, 4.69) is 24.9 Å². The van der Waals surface area contributed by atoms with E-state index in [9.17, 15) is 0 Å². The first-order valence-electron chi connectivity index (χ1n) is 7.80. The molecule has 0 aliphatic rings. The maximum Gasteiger partial charge on any atom is 0.142 e. The van der Waals surface area contributed by atoms with Crippen LogP contribution in [0.25, 0.3) is 0 Å². The van der Waals surface area contributed by atoms with E-state index < -0.39 is 0 Å². The molecule has 0 saturated heterocycles. The Morgan fingerprint density at radius 2 is 1.85 bits per heavy atom. The summed E-state index contributed by atoms with van der Waals surface area (Å²) in [5.74, 6) is 0.916. The van der Waals surface area contributed by atoms with Gasteiger partial charge in [-0.2, -0.15) is 0 Å². The molecule has 1 aromatic carbocycles. The number of ether oxygens (including phenoxy) is 1. The van der Waals surface area contributed by atoms with Crippen LogP contribution < -0.4 is 15.4 Å². The van der Waals surface area contributed by atoms with E-state index in [1.165, 1.54) is 32.1 Å². The fraction of sp³-hybridized carbons (Fsp3) is 0.647. The predicted molar refractivity (Wildman–Crippen MR) is 87.6 cm³/mol. The molecule has 1 rings (SSSR count). The minimum atomic E-state index is 0.382. The van der Waals surface area contributed by atoms with Crippen molar-refractivity contribution in [3.63, 3.8) is 0 Å². The summed E-state index contributed by atoms with van der Waals surface area (Å²) in [4.78, 5) is 2.26. The van der Waals surface area contributed by atoms with Crippen LogP contribution in [0.3, 0.4) is 0 Å². The highest BCUT2D eigenvalue weighted by Gasteiger charge is 2.16. The molecule has 114 valence electrons. The zero-order chi connectivity index (χ0) is 14.8. The summed E-state index contributed by atoms with van der Waals surface area (Å²) in [7, 11) is 3.83. The number of hydrogen-bond donors (Lipinski definition) is 1. The molecule has 0 aromatic heterocycles. The number of methoxy groups -OCH3 is 1. The van der Waals surface area contributed by atoms with E-state index in [4.69, 9.17) is 10.5 Å². The van der Waals surface area contributed by atoms with Crippen LogP contribution in [0.15, 0.2) is 24.3 Å². The van der Waals surface area contributed by atoms with Crippen LogP contribution in [0.4, 0.5) is 5.69 Å². The van der Waals surface area contributed by atoms with E-state index >= 15 is 0 Å². The largest absolute Gasteiger partial charge is 0.495 e. The SMILES string of the molecule is CCCCCCCC(CN)N(C)c1ccccc1OC. The van der Waals surface area contributed by atoms with Crippen LogP contribution in [0.1, 0.15) is 45.4 Å². The smallest absolute Gasteiger partial charge is 0.142 e. The lowest BCUT2D eigenvalue weighted by atomic mass is 10.0. The molecule has 3 heteroatoms. The zero-order valence-corrected chi connectivity index (χ0v) is 13.3. The molecule has 0 radical (unpaired) electrons. The van der Waals surface area contributed by atoms with E-state index in [0.29, 0.717) is 12.6 Å². The van der Waals surface area contributed by atoms with E-state index in [1.54, 1.807) is 7.11 Å². The molecular formula is C17H30N2O. The summed E-state index contributed by atoms with van der Waals surface area (Å²) in [5.41, 5.74) is 7.09. The summed E-state index contributed by atoms with van der Waals surface area (Å²) < 4.78 is 5.44. The van der Waals surface area contributed by atoms with Crippen molar-refractivity contribution in [1.82, 2.24) is 0 Å². The number of benzene rings is 1. The lowest BCUT2D eigenvalue weighted by Crippen LogP contribution is -2.38. The fourth-order valence-electron chi connectivity index (χ4n) is 2.57. The number of nitrogens with two attached hydrogens (primary N) is 1. The first-order valence-corrected chi connectivity index (χ1v) is 7.80. The van der Waals surface area contributed by atoms with Gasteiger partial charge in [-0.15, -0.1) is 0 Å². The molecule has 0 fully saturated rings. The van der Waals surface area contributed by atoms with E-state index in [1.807, 2.05) is 18.2 Å². The molecule has 1 unspecified atom stereocenters. The lowest BCUT2D eigenvalue weighted by molar-refractivity contribution is 0.412. The zero-order valence-electron chi connectivity index (χ0n) is 13.3. The van der Waals surface area contributed by atoms with Crippen molar-refractivity contribution in [3.8, 4) is 5.75 Å². The van der Waals surface area contributed by atoms with Crippen LogP contribution in [0.2, 0.25) is 0 Å². The summed E-state index contributed by atoms with van der Waals surface area (Å²) in [6, 6.07) is 8.52. The standard InChI is InChI=1S/C17H30N2O/c1-4-5-6-7-8-11-15(14-18)19(2)16-12-9-10-13-17(16)20-3/h9-10,12-13,15H,4-8,11,14,18H2,1-3H3. The number of nitrogens with zero attached hydrogens (tertiary/aromatic N) is 1. The van der Waals surface area contributed by atoms with Gasteiger partial charge in [-0.1, -0.05) is 51.2 Å². The monoisotopic (exact) mass is 278 g/mol. The maximum atomic E-state index is 5.96. The third-order valence-corrected chi connectivity index (χ3v) is 3.93. The average Bonchev–Trinajstić information content (AvgIpc) is 2.50. The van der Waals surface area contributed by atoms with Crippen molar-refractivity contribution in [2.45, 2.75) is 51.5 Å². The topological polar surface area (TPSA) is 38.5 Å². The van der Waals surface area contributed by atoms with Crippen molar-refractivity contribution >= 4 is 5.69 Å². The summed E-state index contributed by atoms with van der Waals surface area (Å²) >= 11 is 0. The number of hydrogen-bond acceptors (Lipinski definition) is 3. The second-order valence-electron chi connectivity index (χ2n) is 5.38. The van der Waals surface area contributed by atoms with Crippen LogP contribution in [0.5, 0.6) is 5.75 Å². The Morgan fingerprint density at radius 1 is 1.15 bits per heavy atom. The van der Waals surface area contributed by atoms with E-state index in [-0.39, 0.29) is 0 Å². The van der Waals surface area contributed by atoms with Gasteiger partial charge in [0.2, 0.25) is 0 Å². The molecule has 2 N–H and O–H groups in total. The van der Waals surface area contributed by atoms with Gasteiger partial charge in [0, 0.05) is 19.6 Å². The number of anilines is 1. The van der Waals surface area contributed by atoms with Crippen LogP contribution in [-0.4, -0.2) is 26.7 Å². The molecular weight excluding hydrogens is 248 g/mol. The fourth-order valence-corrected chi connectivity index (χ4v) is 2.57. The first kappa shape index (κ1) is 16.8. The molecule has 1 aromatic rings. The molecule has 0 heterocycles. The molecule has 1 atom stereocenters. The van der Waals surface area contributed by atoms with Crippen LogP contribution in [-0.2, 0) is 0 Å². The van der Waals surface area contributed by atoms with Gasteiger partial charge in [0.15, 0.2) is 0 Å². The van der Waals surface area contributed by atoms with Crippen LogP contribution >= 0.6 is 0 Å². The number of rotatable bonds is 10. The summed E-state index contributed by atoms with van der Waals surface area (Å²) in [5, 5.41) is 0. The third-order valence-electron chi connectivity index (χ3n) is 3.93. The molecule has 0 aliphatic heterocycles. The minimum absolute atomic E-state index is 0.382. The Balaban J connectivity index is 2.55. The number of para-hydroxylation sites is 2. The van der Waals surface area contributed by atoms with Gasteiger partial charge < -0.3 is 15.4 Å². The van der Waals surface area contributed by atoms with Gasteiger partial charge in [0.1, 0.15) is 5.75 Å². The Labute approximate surface area is 124 Å². The van der Waals surface area contributed by atoms with Crippen molar-refractivity contribution in [2.75, 3.05) is 25.6 Å². The van der Waals surface area contributed by atoms with E-state index in [0.717, 1.165) is 17.9 Å². The molecule has 0 aliphatic carbocycles. The molecule has 0 bridgehead atoms. The Hall–Kier alpha value is -1.22. The van der Waals surface area contributed by atoms with Crippen LogP contribution in [0, 0.1) is 0 Å². The van der Waals surface area contributed by atoms with Gasteiger partial charge in [-0.25, -0.2) is 0 Å². The third kappa shape index (κ3) is 5.04. The highest BCUT2D eigenvalue weighted by Crippen LogP contribution is 2.28. The predicted octanol–water partition coefficient (Wildman–Crippen LogP) is 3.82. The second-order valence-corrected chi connectivity index (χ2v) is 5.38. The minimum Gasteiger partial charge on any atom is -0.495 e. The lowest BCUT2D eigenvalue weighted by Gasteiger charge is -2.30. The summed E-state index contributed by atoms with van der Waals surface area (Å²) in [6.45, 7) is 2.93. The quantitative estimate of drug-likeness (QED) is 0.661. The van der Waals surface area contributed by atoms with Gasteiger partial charge >= 0.3 is 0 Å².